The Labute approximate surface area is 124 Å². The van der Waals surface area contributed by atoms with Gasteiger partial charge in [-0.1, -0.05) is 5.16 Å². The van der Waals surface area contributed by atoms with Gasteiger partial charge in [-0.2, -0.15) is 4.98 Å². The smallest absolute Gasteiger partial charge is 0.240 e. The van der Waals surface area contributed by atoms with Crippen molar-refractivity contribution in [3.05, 3.63) is 11.7 Å². The molecule has 7 heteroatoms. The number of ether oxygens (including phenoxy) is 1. The van der Waals surface area contributed by atoms with Crippen molar-refractivity contribution in [1.29, 1.82) is 0 Å². The molecule has 0 aliphatic carbocycles. The largest absolute Gasteiger partial charge is 0.374 e. The fraction of sp³-hybridized carbons (Fsp3) is 0.786. The van der Waals surface area contributed by atoms with Crippen molar-refractivity contribution in [2.24, 2.45) is 11.8 Å². The van der Waals surface area contributed by atoms with Crippen molar-refractivity contribution in [2.75, 3.05) is 26.7 Å². The van der Waals surface area contributed by atoms with Gasteiger partial charge in [-0.3, -0.25) is 9.69 Å². The monoisotopic (exact) mass is 294 g/mol. The van der Waals surface area contributed by atoms with Gasteiger partial charge in [0.25, 0.3) is 0 Å². The van der Waals surface area contributed by atoms with Crippen LogP contribution in [0.5, 0.6) is 0 Å². The second kappa shape index (κ2) is 6.11. The van der Waals surface area contributed by atoms with E-state index >= 15 is 0 Å². The first kappa shape index (κ1) is 14.5. The molecule has 2 fully saturated rings. The summed E-state index contributed by atoms with van der Waals surface area (Å²) in [6.07, 6.45) is 1.99. The summed E-state index contributed by atoms with van der Waals surface area (Å²) in [4.78, 5) is 18.5. The lowest BCUT2D eigenvalue weighted by Crippen LogP contribution is -2.51. The summed E-state index contributed by atoms with van der Waals surface area (Å²) in [6.45, 7) is 5.05. The van der Waals surface area contributed by atoms with Crippen LogP contribution in [0, 0.1) is 11.8 Å². The highest BCUT2D eigenvalue weighted by Gasteiger charge is 2.36. The van der Waals surface area contributed by atoms with Crippen molar-refractivity contribution in [3.63, 3.8) is 0 Å². The zero-order valence-corrected chi connectivity index (χ0v) is 12.5. The number of hydrogen-bond acceptors (Lipinski definition) is 6. The maximum Gasteiger partial charge on any atom is 0.240 e. The zero-order chi connectivity index (χ0) is 14.8. The highest BCUT2D eigenvalue weighted by molar-refractivity contribution is 5.80. The van der Waals surface area contributed by atoms with E-state index in [0.717, 1.165) is 32.5 Å². The Kier molecular flexibility index (Phi) is 4.21. The maximum atomic E-state index is 12.0. The first-order valence-corrected chi connectivity index (χ1v) is 7.52. The quantitative estimate of drug-likeness (QED) is 0.882. The van der Waals surface area contributed by atoms with Gasteiger partial charge < -0.3 is 14.6 Å². The average molecular weight is 294 g/mol. The van der Waals surface area contributed by atoms with Gasteiger partial charge >= 0.3 is 0 Å². The van der Waals surface area contributed by atoms with Crippen LogP contribution in [0.3, 0.4) is 0 Å². The van der Waals surface area contributed by atoms with E-state index in [9.17, 15) is 4.79 Å². The minimum absolute atomic E-state index is 0.104. The van der Waals surface area contributed by atoms with E-state index < -0.39 is 0 Å². The third-order valence-electron chi connectivity index (χ3n) is 4.55. The summed E-state index contributed by atoms with van der Waals surface area (Å²) in [5.74, 6) is 1.98. The van der Waals surface area contributed by atoms with Gasteiger partial charge in [0.1, 0.15) is 6.10 Å². The van der Waals surface area contributed by atoms with Crippen LogP contribution in [0.4, 0.5) is 0 Å². The van der Waals surface area contributed by atoms with E-state index in [1.54, 1.807) is 7.11 Å². The molecule has 116 valence electrons. The summed E-state index contributed by atoms with van der Waals surface area (Å²) in [5.41, 5.74) is 0. The molecule has 2 saturated heterocycles. The van der Waals surface area contributed by atoms with Crippen molar-refractivity contribution < 1.29 is 14.1 Å². The number of methoxy groups -OCH3 is 1. The number of fused-ring (bicyclic) bond motifs is 1. The van der Waals surface area contributed by atoms with Crippen molar-refractivity contribution in [1.82, 2.24) is 20.4 Å². The highest BCUT2D eigenvalue weighted by atomic mass is 16.5. The third-order valence-corrected chi connectivity index (χ3v) is 4.55. The number of nitrogens with zero attached hydrogens (tertiary/aromatic N) is 3. The van der Waals surface area contributed by atoms with Crippen LogP contribution in [-0.2, 0) is 16.1 Å². The molecule has 2 aliphatic rings. The number of rotatable bonds is 4. The van der Waals surface area contributed by atoms with E-state index in [4.69, 9.17) is 9.26 Å². The van der Waals surface area contributed by atoms with Crippen LogP contribution in [0.1, 0.15) is 37.6 Å². The van der Waals surface area contributed by atoms with Crippen LogP contribution in [0.15, 0.2) is 4.52 Å². The van der Waals surface area contributed by atoms with Gasteiger partial charge in [0, 0.05) is 20.2 Å². The number of nitrogens with one attached hydrogen (secondary N) is 1. The third kappa shape index (κ3) is 3.08. The number of aromatic nitrogens is 2. The molecule has 0 radical (unpaired) electrons. The molecule has 0 aromatic carbocycles. The highest BCUT2D eigenvalue weighted by Crippen LogP contribution is 2.29. The SMILES string of the molecule is COC(C)c1noc(CN2CC[C@@H]3CCNC(=O)[C@@H]3C2)n1. The minimum Gasteiger partial charge on any atom is -0.374 e. The van der Waals surface area contributed by atoms with E-state index in [1.807, 2.05) is 6.92 Å². The molecule has 1 unspecified atom stereocenters. The van der Waals surface area contributed by atoms with Crippen LogP contribution in [0.2, 0.25) is 0 Å². The molecular formula is C14H22N4O3. The molecule has 0 spiro atoms. The standard InChI is InChI=1S/C14H22N4O3/c1-9(20-2)13-16-12(21-17-13)8-18-6-4-10-3-5-15-14(19)11(10)7-18/h9-11H,3-8H2,1-2H3,(H,15,19)/t9?,10-,11+/m0/s1. The molecule has 1 N–H and O–H groups in total. The Balaban J connectivity index is 1.60. The minimum atomic E-state index is -0.169. The lowest BCUT2D eigenvalue weighted by atomic mass is 9.80. The Morgan fingerprint density at radius 2 is 2.38 bits per heavy atom. The van der Waals surface area contributed by atoms with Gasteiger partial charge in [0.2, 0.25) is 11.8 Å². The predicted octanol–water partition coefficient (Wildman–Crippen LogP) is 0.735. The van der Waals surface area contributed by atoms with Gasteiger partial charge in [-0.25, -0.2) is 0 Å². The molecule has 3 atom stereocenters. The van der Waals surface area contributed by atoms with Crippen molar-refractivity contribution in [2.45, 2.75) is 32.4 Å². The molecule has 21 heavy (non-hydrogen) atoms. The summed E-state index contributed by atoms with van der Waals surface area (Å²) < 4.78 is 10.4. The lowest BCUT2D eigenvalue weighted by molar-refractivity contribution is -0.131. The molecule has 7 nitrogen and oxygen atoms in total. The Bertz CT molecular complexity index is 504. The Morgan fingerprint density at radius 1 is 1.52 bits per heavy atom. The number of hydrogen-bond donors (Lipinski definition) is 1. The molecule has 0 bridgehead atoms. The Hall–Kier alpha value is -1.47. The molecule has 0 saturated carbocycles. The normalized spacial score (nSPS) is 28.0. The molecular weight excluding hydrogens is 272 g/mol. The number of carbonyl (C=O) groups excluding carboxylic acids is 1. The van der Waals surface area contributed by atoms with E-state index in [2.05, 4.69) is 20.4 Å². The molecule has 3 rings (SSSR count). The zero-order valence-electron chi connectivity index (χ0n) is 12.5. The maximum absolute atomic E-state index is 12.0. The topological polar surface area (TPSA) is 80.5 Å². The first-order valence-electron chi connectivity index (χ1n) is 7.52. The lowest BCUT2D eigenvalue weighted by Gasteiger charge is -2.39. The summed E-state index contributed by atoms with van der Waals surface area (Å²) >= 11 is 0. The van der Waals surface area contributed by atoms with Crippen LogP contribution in [0.25, 0.3) is 0 Å². The number of likely N-dealkylation sites (tertiary alicyclic amines) is 1. The second-order valence-electron chi connectivity index (χ2n) is 5.89. The Morgan fingerprint density at radius 3 is 3.19 bits per heavy atom. The summed E-state index contributed by atoms with van der Waals surface area (Å²) in [6, 6.07) is 0. The van der Waals surface area contributed by atoms with Gasteiger partial charge in [0.05, 0.1) is 12.5 Å². The van der Waals surface area contributed by atoms with Gasteiger partial charge in [-0.05, 0) is 32.2 Å². The van der Waals surface area contributed by atoms with Crippen molar-refractivity contribution >= 4 is 5.91 Å². The molecule has 1 amide bonds. The van der Waals surface area contributed by atoms with E-state index in [0.29, 0.717) is 24.2 Å². The van der Waals surface area contributed by atoms with Crippen LogP contribution in [-0.4, -0.2) is 47.7 Å². The summed E-state index contributed by atoms with van der Waals surface area (Å²) in [7, 11) is 1.62. The van der Waals surface area contributed by atoms with Crippen LogP contribution >= 0.6 is 0 Å². The van der Waals surface area contributed by atoms with Crippen molar-refractivity contribution in [3.8, 4) is 0 Å². The fourth-order valence-electron chi connectivity index (χ4n) is 3.16. The number of piperidine rings is 2. The first-order chi connectivity index (χ1) is 10.2. The fourth-order valence-corrected chi connectivity index (χ4v) is 3.16. The molecule has 3 heterocycles. The van der Waals surface area contributed by atoms with E-state index in [-0.39, 0.29) is 17.9 Å². The average Bonchev–Trinajstić information content (AvgIpc) is 2.96. The summed E-state index contributed by atoms with van der Waals surface area (Å²) in [5, 5.41) is 6.89. The molecule has 2 aliphatic heterocycles. The van der Waals surface area contributed by atoms with Gasteiger partial charge in [-0.15, -0.1) is 0 Å². The number of amides is 1. The van der Waals surface area contributed by atoms with Crippen LogP contribution < -0.4 is 5.32 Å². The number of carbonyl (C=O) groups is 1. The molecule has 1 aromatic rings. The molecule has 1 aromatic heterocycles. The van der Waals surface area contributed by atoms with E-state index in [1.165, 1.54) is 0 Å². The van der Waals surface area contributed by atoms with Gasteiger partial charge in [0.15, 0.2) is 5.82 Å². The predicted molar refractivity (Wildman–Crippen MR) is 74.2 cm³/mol. The second-order valence-corrected chi connectivity index (χ2v) is 5.89.